The van der Waals surface area contributed by atoms with Gasteiger partial charge in [0.15, 0.2) is 0 Å². The Morgan fingerprint density at radius 3 is 2.26 bits per heavy atom. The van der Waals surface area contributed by atoms with Crippen molar-refractivity contribution < 1.29 is 26.3 Å². The summed E-state index contributed by atoms with van der Waals surface area (Å²) in [6.07, 6.45) is -1.45. The maximum atomic E-state index is 13.0. The molecule has 3 aromatic carbocycles. The Morgan fingerprint density at radius 2 is 1.56 bits per heavy atom. The van der Waals surface area contributed by atoms with E-state index in [4.69, 9.17) is 0 Å². The summed E-state index contributed by atoms with van der Waals surface area (Å²) in [6.45, 7) is 2.07. The van der Waals surface area contributed by atoms with E-state index in [1.807, 2.05) is 18.2 Å². The van der Waals surface area contributed by atoms with Crippen molar-refractivity contribution in [1.29, 1.82) is 0 Å². The van der Waals surface area contributed by atoms with Gasteiger partial charge in [-0.05, 0) is 60.4 Å². The lowest BCUT2D eigenvalue weighted by Gasteiger charge is -2.35. The van der Waals surface area contributed by atoms with Gasteiger partial charge < -0.3 is 10.1 Å². The molecule has 1 aliphatic carbocycles. The molecule has 0 bridgehead atoms. The lowest BCUT2D eigenvalue weighted by atomic mass is 9.89. The molecule has 0 saturated heterocycles. The Bertz CT molecular complexity index is 1220. The Balaban J connectivity index is 1.48. The van der Waals surface area contributed by atoms with E-state index in [9.17, 15) is 21.6 Å². The summed E-state index contributed by atoms with van der Waals surface area (Å²) in [5.41, 5.74) is 1.14. The Hall–Kier alpha value is -2.62. The molecule has 1 fully saturated rings. The van der Waals surface area contributed by atoms with E-state index >= 15 is 0 Å². The highest BCUT2D eigenvalue weighted by Crippen LogP contribution is 2.28. The van der Waals surface area contributed by atoms with Crippen molar-refractivity contribution in [2.24, 2.45) is 0 Å². The van der Waals surface area contributed by atoms with Crippen LogP contribution >= 0.6 is 0 Å². The first-order chi connectivity index (χ1) is 16.1. The molecule has 0 aliphatic heterocycles. The largest absolute Gasteiger partial charge is 0.573 e. The number of rotatable bonds is 7. The summed E-state index contributed by atoms with van der Waals surface area (Å²) < 4.78 is 69.7. The summed E-state index contributed by atoms with van der Waals surface area (Å²) in [6, 6.07) is 18.1. The monoisotopic (exact) mass is 492 g/mol. The maximum absolute atomic E-state index is 13.0. The summed E-state index contributed by atoms with van der Waals surface area (Å²) in [5, 5.41) is 5.91. The fourth-order valence-electron chi connectivity index (χ4n) is 4.60. The van der Waals surface area contributed by atoms with E-state index in [1.54, 1.807) is 0 Å². The van der Waals surface area contributed by atoms with Gasteiger partial charge in [-0.2, -0.15) is 0 Å². The standard InChI is InChI=1S/C25H27F3N2O3S/c1-17(21-10-6-8-18-7-2-3-9-22(18)21)29-23-11-4-5-12-24(23)30-34(31,32)20-15-13-19(14-16-20)33-25(26,27)28/h2-3,6-10,13-17,23-24,29-30H,4-5,11-12H2,1H3/t17?,23-,24?/m0/s1. The second-order valence-corrected chi connectivity index (χ2v) is 10.3. The predicted molar refractivity (Wildman–Crippen MR) is 125 cm³/mol. The number of fused-ring (bicyclic) bond motifs is 1. The number of ether oxygens (including phenoxy) is 1. The van der Waals surface area contributed by atoms with Crippen molar-refractivity contribution in [2.75, 3.05) is 0 Å². The van der Waals surface area contributed by atoms with Crippen LogP contribution in [0.25, 0.3) is 10.8 Å². The van der Waals surface area contributed by atoms with Crippen LogP contribution in [0.1, 0.15) is 44.2 Å². The van der Waals surface area contributed by atoms with Crippen molar-refractivity contribution in [2.45, 2.75) is 62.0 Å². The first-order valence-corrected chi connectivity index (χ1v) is 12.7. The summed E-state index contributed by atoms with van der Waals surface area (Å²) in [7, 11) is -3.92. The zero-order valence-corrected chi connectivity index (χ0v) is 19.5. The van der Waals surface area contributed by atoms with Crippen LogP contribution in [0.2, 0.25) is 0 Å². The van der Waals surface area contributed by atoms with Gasteiger partial charge in [-0.25, -0.2) is 13.1 Å². The highest BCUT2D eigenvalue weighted by Gasteiger charge is 2.32. The molecule has 3 atom stereocenters. The minimum absolute atomic E-state index is 0.00000451. The molecule has 34 heavy (non-hydrogen) atoms. The molecule has 1 aliphatic rings. The molecule has 5 nitrogen and oxygen atoms in total. The van der Waals surface area contributed by atoms with Gasteiger partial charge in [-0.15, -0.1) is 13.2 Å². The van der Waals surface area contributed by atoms with E-state index in [-0.39, 0.29) is 23.0 Å². The minimum Gasteiger partial charge on any atom is -0.406 e. The molecule has 182 valence electrons. The average molecular weight is 493 g/mol. The van der Waals surface area contributed by atoms with E-state index in [1.165, 1.54) is 0 Å². The van der Waals surface area contributed by atoms with Crippen LogP contribution in [0.15, 0.2) is 71.6 Å². The molecule has 2 unspecified atom stereocenters. The molecule has 0 heterocycles. The molecule has 0 spiro atoms. The third-order valence-corrected chi connectivity index (χ3v) is 7.70. The highest BCUT2D eigenvalue weighted by molar-refractivity contribution is 7.89. The summed E-state index contributed by atoms with van der Waals surface area (Å²) in [5.74, 6) is -0.465. The zero-order valence-electron chi connectivity index (χ0n) is 18.7. The van der Waals surface area contributed by atoms with Crippen molar-refractivity contribution in [1.82, 2.24) is 10.0 Å². The SMILES string of the molecule is CC(N[C@H]1CCCCC1NS(=O)(=O)c1ccc(OC(F)(F)F)cc1)c1cccc2ccccc12. The molecule has 0 amide bonds. The number of nitrogens with one attached hydrogen (secondary N) is 2. The first kappa shape index (κ1) is 24.5. The van der Waals surface area contributed by atoms with Crippen LogP contribution in [0.4, 0.5) is 13.2 Å². The molecular weight excluding hydrogens is 465 g/mol. The van der Waals surface area contributed by atoms with Crippen LogP contribution in [0.5, 0.6) is 5.75 Å². The Morgan fingerprint density at radius 1 is 0.912 bits per heavy atom. The minimum atomic E-state index is -4.83. The van der Waals surface area contributed by atoms with Gasteiger partial charge >= 0.3 is 6.36 Å². The lowest BCUT2D eigenvalue weighted by molar-refractivity contribution is -0.274. The molecular formula is C25H27F3N2O3S. The van der Waals surface area contributed by atoms with Gasteiger partial charge in [0.2, 0.25) is 10.0 Å². The van der Waals surface area contributed by atoms with Crippen LogP contribution < -0.4 is 14.8 Å². The second kappa shape index (κ2) is 9.93. The average Bonchev–Trinajstić information content (AvgIpc) is 2.79. The number of benzene rings is 3. The smallest absolute Gasteiger partial charge is 0.406 e. The number of sulfonamides is 1. The van der Waals surface area contributed by atoms with Crippen molar-refractivity contribution in [3.8, 4) is 5.75 Å². The molecule has 9 heteroatoms. The summed E-state index contributed by atoms with van der Waals surface area (Å²) in [4.78, 5) is -0.103. The van der Waals surface area contributed by atoms with Gasteiger partial charge in [0.1, 0.15) is 5.75 Å². The van der Waals surface area contributed by atoms with E-state index in [0.29, 0.717) is 6.42 Å². The molecule has 4 rings (SSSR count). The molecule has 2 N–H and O–H groups in total. The van der Waals surface area contributed by atoms with Gasteiger partial charge in [-0.1, -0.05) is 55.3 Å². The molecule has 3 aromatic rings. The fourth-order valence-corrected chi connectivity index (χ4v) is 5.91. The lowest BCUT2D eigenvalue weighted by Crippen LogP contribution is -2.52. The quantitative estimate of drug-likeness (QED) is 0.445. The van der Waals surface area contributed by atoms with Crippen molar-refractivity contribution in [3.05, 3.63) is 72.3 Å². The fraction of sp³-hybridized carbons (Fsp3) is 0.360. The molecule has 0 aromatic heterocycles. The van der Waals surface area contributed by atoms with Crippen molar-refractivity contribution in [3.63, 3.8) is 0 Å². The Kier molecular flexibility index (Phi) is 7.16. The van der Waals surface area contributed by atoms with E-state index in [0.717, 1.165) is 59.9 Å². The normalized spacial score (nSPS) is 20.2. The van der Waals surface area contributed by atoms with Crippen LogP contribution in [0, 0.1) is 0 Å². The van der Waals surface area contributed by atoms with E-state index < -0.39 is 22.1 Å². The van der Waals surface area contributed by atoms with Crippen molar-refractivity contribution >= 4 is 20.8 Å². The summed E-state index contributed by atoms with van der Waals surface area (Å²) >= 11 is 0. The van der Waals surface area contributed by atoms with Gasteiger partial charge in [-0.3, -0.25) is 0 Å². The Labute approximate surface area is 197 Å². The second-order valence-electron chi connectivity index (χ2n) is 8.59. The first-order valence-electron chi connectivity index (χ1n) is 11.2. The topological polar surface area (TPSA) is 67.4 Å². The third-order valence-electron chi connectivity index (χ3n) is 6.19. The van der Waals surface area contributed by atoms with E-state index in [2.05, 4.69) is 46.0 Å². The van der Waals surface area contributed by atoms with Gasteiger partial charge in [0, 0.05) is 18.1 Å². The molecule has 0 radical (unpaired) electrons. The third kappa shape index (κ3) is 5.89. The number of alkyl halides is 3. The number of hydrogen-bond donors (Lipinski definition) is 2. The highest BCUT2D eigenvalue weighted by atomic mass is 32.2. The number of hydrogen-bond acceptors (Lipinski definition) is 4. The van der Waals surface area contributed by atoms with Crippen LogP contribution in [-0.4, -0.2) is 26.9 Å². The zero-order chi connectivity index (χ0) is 24.3. The number of halogens is 3. The van der Waals surface area contributed by atoms with Crippen LogP contribution in [-0.2, 0) is 10.0 Å². The predicted octanol–water partition coefficient (Wildman–Crippen LogP) is 5.68. The van der Waals surface area contributed by atoms with Gasteiger partial charge in [0.05, 0.1) is 4.90 Å². The van der Waals surface area contributed by atoms with Crippen LogP contribution in [0.3, 0.4) is 0 Å². The molecule has 1 saturated carbocycles. The maximum Gasteiger partial charge on any atom is 0.573 e. The van der Waals surface area contributed by atoms with Gasteiger partial charge in [0.25, 0.3) is 0 Å².